The van der Waals surface area contributed by atoms with Crippen molar-refractivity contribution in [3.05, 3.63) is 64.8 Å². The molecule has 0 aliphatic rings. The zero-order valence-corrected chi connectivity index (χ0v) is 16.4. The van der Waals surface area contributed by atoms with Gasteiger partial charge in [0.2, 0.25) is 0 Å². The van der Waals surface area contributed by atoms with E-state index in [2.05, 4.69) is 20.7 Å². The van der Waals surface area contributed by atoms with Crippen LogP contribution in [0.3, 0.4) is 0 Å². The smallest absolute Gasteiger partial charge is 0.289 e. The third-order valence-electron chi connectivity index (χ3n) is 4.10. The number of aromatic amines is 1. The highest BCUT2D eigenvalue weighted by molar-refractivity contribution is 6.33. The third kappa shape index (κ3) is 4.15. The van der Waals surface area contributed by atoms with E-state index in [0.29, 0.717) is 27.9 Å². The average Bonchev–Trinajstić information content (AvgIpc) is 3.21. The van der Waals surface area contributed by atoms with Gasteiger partial charge in [-0.25, -0.2) is 5.43 Å². The fourth-order valence-corrected chi connectivity index (χ4v) is 2.80. The molecule has 0 fully saturated rings. The number of ether oxygens (including phenoxy) is 2. The molecule has 2 aromatic carbocycles. The van der Waals surface area contributed by atoms with Crippen molar-refractivity contribution in [1.82, 2.24) is 15.6 Å². The van der Waals surface area contributed by atoms with Crippen LogP contribution in [0, 0.1) is 0 Å². The highest BCUT2D eigenvalue weighted by atomic mass is 35.5. The zero-order valence-electron chi connectivity index (χ0n) is 15.6. The second-order valence-electron chi connectivity index (χ2n) is 5.85. The second kappa shape index (κ2) is 8.58. The van der Waals surface area contributed by atoms with Crippen LogP contribution >= 0.6 is 11.6 Å². The third-order valence-corrected chi connectivity index (χ3v) is 4.43. The highest BCUT2D eigenvalue weighted by Crippen LogP contribution is 2.28. The number of aromatic nitrogens is 2. The van der Waals surface area contributed by atoms with Gasteiger partial charge in [0.1, 0.15) is 5.69 Å². The fraction of sp³-hybridized carbons (Fsp3) is 0.150. The molecule has 0 radical (unpaired) electrons. The van der Waals surface area contributed by atoms with E-state index in [-0.39, 0.29) is 5.69 Å². The molecule has 144 valence electrons. The van der Waals surface area contributed by atoms with E-state index in [1.165, 1.54) is 0 Å². The van der Waals surface area contributed by atoms with Crippen LogP contribution in [-0.2, 0) is 0 Å². The molecule has 0 aliphatic carbocycles. The van der Waals surface area contributed by atoms with Gasteiger partial charge in [-0.2, -0.15) is 10.2 Å². The lowest BCUT2D eigenvalue weighted by atomic mass is 10.1. The normalized spacial score (nSPS) is 11.2. The molecule has 8 heteroatoms. The number of hydrazone groups is 1. The van der Waals surface area contributed by atoms with Crippen molar-refractivity contribution in [2.75, 3.05) is 14.2 Å². The van der Waals surface area contributed by atoms with Crippen LogP contribution in [-0.4, -0.2) is 36.0 Å². The predicted octanol–water partition coefficient (Wildman–Crippen LogP) is 3.90. The first-order chi connectivity index (χ1) is 13.5. The standard InChI is InChI=1S/C20H19ClN4O3/c1-12(13-8-9-18(27-2)19(10-13)28-3)22-25-20(26)17-11-16(23-24-17)14-6-4-5-7-15(14)21/h4-11H,1-3H3,(H,23,24)(H,25,26)/b22-12+. The minimum atomic E-state index is -0.411. The summed E-state index contributed by atoms with van der Waals surface area (Å²) in [6, 6.07) is 14.3. The van der Waals surface area contributed by atoms with Crippen LogP contribution in [0.4, 0.5) is 0 Å². The first kappa shape index (κ1) is 19.4. The van der Waals surface area contributed by atoms with Crippen LogP contribution in [0.2, 0.25) is 5.02 Å². The van der Waals surface area contributed by atoms with E-state index < -0.39 is 5.91 Å². The van der Waals surface area contributed by atoms with Crippen LogP contribution in [0.15, 0.2) is 53.6 Å². The van der Waals surface area contributed by atoms with Gasteiger partial charge in [0.25, 0.3) is 5.91 Å². The number of carbonyl (C=O) groups excluding carboxylic acids is 1. The monoisotopic (exact) mass is 398 g/mol. The van der Waals surface area contributed by atoms with E-state index in [1.54, 1.807) is 45.4 Å². The number of nitrogens with zero attached hydrogens (tertiary/aromatic N) is 2. The SMILES string of the molecule is COc1ccc(/C(C)=N/NC(=O)c2cc(-c3ccccc3Cl)n[nH]2)cc1OC. The molecule has 0 spiro atoms. The molecule has 1 heterocycles. The Hall–Kier alpha value is -3.32. The number of hydrogen-bond acceptors (Lipinski definition) is 5. The summed E-state index contributed by atoms with van der Waals surface area (Å²) in [7, 11) is 3.13. The van der Waals surface area contributed by atoms with E-state index in [4.69, 9.17) is 21.1 Å². The summed E-state index contributed by atoms with van der Waals surface area (Å²) in [6.45, 7) is 1.78. The van der Waals surface area contributed by atoms with Crippen LogP contribution in [0.25, 0.3) is 11.3 Å². The maximum absolute atomic E-state index is 12.4. The Labute approximate surface area is 167 Å². The maximum atomic E-state index is 12.4. The van der Waals surface area contributed by atoms with Crippen molar-refractivity contribution in [3.8, 4) is 22.8 Å². The Bertz CT molecular complexity index is 1030. The number of carbonyl (C=O) groups is 1. The van der Waals surface area contributed by atoms with Crippen molar-refractivity contribution in [3.63, 3.8) is 0 Å². The largest absolute Gasteiger partial charge is 0.493 e. The van der Waals surface area contributed by atoms with Gasteiger partial charge in [-0.1, -0.05) is 29.8 Å². The molecule has 1 aromatic heterocycles. The van der Waals surface area contributed by atoms with Crippen molar-refractivity contribution in [2.24, 2.45) is 5.10 Å². The van der Waals surface area contributed by atoms with Gasteiger partial charge in [0.05, 0.1) is 30.6 Å². The van der Waals surface area contributed by atoms with Crippen molar-refractivity contribution in [2.45, 2.75) is 6.92 Å². The topological polar surface area (TPSA) is 88.6 Å². The molecular formula is C20H19ClN4O3. The van der Waals surface area contributed by atoms with Gasteiger partial charge < -0.3 is 9.47 Å². The Balaban J connectivity index is 1.74. The number of hydrogen-bond donors (Lipinski definition) is 2. The molecule has 28 heavy (non-hydrogen) atoms. The lowest BCUT2D eigenvalue weighted by Crippen LogP contribution is -2.19. The molecule has 0 saturated heterocycles. The zero-order chi connectivity index (χ0) is 20.1. The molecule has 3 rings (SSSR count). The van der Waals surface area contributed by atoms with Gasteiger partial charge in [-0.3, -0.25) is 9.89 Å². The Morgan fingerprint density at radius 3 is 2.57 bits per heavy atom. The summed E-state index contributed by atoms with van der Waals surface area (Å²) in [5.74, 6) is 0.789. The lowest BCUT2D eigenvalue weighted by molar-refractivity contribution is 0.0950. The minimum Gasteiger partial charge on any atom is -0.493 e. The van der Waals surface area contributed by atoms with E-state index in [1.807, 2.05) is 24.3 Å². The number of methoxy groups -OCH3 is 2. The Morgan fingerprint density at radius 1 is 1.11 bits per heavy atom. The summed E-state index contributed by atoms with van der Waals surface area (Å²) in [5, 5.41) is 11.6. The Kier molecular flexibility index (Phi) is 5.96. The lowest BCUT2D eigenvalue weighted by Gasteiger charge is -2.09. The van der Waals surface area contributed by atoms with Crippen molar-refractivity contribution >= 4 is 23.2 Å². The fourth-order valence-electron chi connectivity index (χ4n) is 2.57. The molecule has 7 nitrogen and oxygen atoms in total. The summed E-state index contributed by atoms with van der Waals surface area (Å²) >= 11 is 6.17. The summed E-state index contributed by atoms with van der Waals surface area (Å²) < 4.78 is 10.5. The number of nitrogens with one attached hydrogen (secondary N) is 2. The van der Waals surface area contributed by atoms with Crippen molar-refractivity contribution in [1.29, 1.82) is 0 Å². The predicted molar refractivity (Wildman–Crippen MR) is 108 cm³/mol. The average molecular weight is 399 g/mol. The number of H-pyrrole nitrogens is 1. The highest BCUT2D eigenvalue weighted by Gasteiger charge is 2.13. The molecule has 0 atom stereocenters. The molecular weight excluding hydrogens is 380 g/mol. The maximum Gasteiger partial charge on any atom is 0.289 e. The quantitative estimate of drug-likeness (QED) is 0.486. The van der Waals surface area contributed by atoms with Gasteiger partial charge in [-0.15, -0.1) is 0 Å². The Morgan fingerprint density at radius 2 is 1.86 bits per heavy atom. The van der Waals surface area contributed by atoms with E-state index in [0.717, 1.165) is 11.1 Å². The number of benzene rings is 2. The molecule has 2 N–H and O–H groups in total. The minimum absolute atomic E-state index is 0.277. The van der Waals surface area contributed by atoms with Gasteiger partial charge in [0.15, 0.2) is 11.5 Å². The molecule has 3 aromatic rings. The molecule has 0 aliphatic heterocycles. The summed E-state index contributed by atoms with van der Waals surface area (Å²) in [5.41, 5.74) is 5.51. The van der Waals surface area contributed by atoms with Gasteiger partial charge in [-0.05, 0) is 37.3 Å². The second-order valence-corrected chi connectivity index (χ2v) is 6.26. The molecule has 0 unspecified atom stereocenters. The summed E-state index contributed by atoms with van der Waals surface area (Å²) in [6.07, 6.45) is 0. The van der Waals surface area contributed by atoms with E-state index in [9.17, 15) is 4.79 Å². The van der Waals surface area contributed by atoms with Crippen LogP contribution < -0.4 is 14.9 Å². The van der Waals surface area contributed by atoms with Crippen molar-refractivity contribution < 1.29 is 14.3 Å². The molecule has 1 amide bonds. The van der Waals surface area contributed by atoms with Gasteiger partial charge in [0, 0.05) is 11.1 Å². The summed E-state index contributed by atoms with van der Waals surface area (Å²) in [4.78, 5) is 12.4. The number of amides is 1. The first-order valence-electron chi connectivity index (χ1n) is 8.41. The first-order valence-corrected chi connectivity index (χ1v) is 8.78. The van der Waals surface area contributed by atoms with Crippen LogP contribution in [0.5, 0.6) is 11.5 Å². The van der Waals surface area contributed by atoms with E-state index >= 15 is 0 Å². The number of halogens is 1. The van der Waals surface area contributed by atoms with Gasteiger partial charge >= 0.3 is 0 Å². The molecule has 0 bridgehead atoms. The molecule has 0 saturated carbocycles. The van der Waals surface area contributed by atoms with Crippen LogP contribution in [0.1, 0.15) is 23.0 Å². The number of rotatable bonds is 6.